The molecule has 0 aliphatic heterocycles. The number of amides is 1. The first kappa shape index (κ1) is 33.5. The minimum absolute atomic E-state index is 0. The summed E-state index contributed by atoms with van der Waals surface area (Å²) in [6, 6.07) is 8.88. The van der Waals surface area contributed by atoms with Crippen molar-refractivity contribution in [2.24, 2.45) is 7.05 Å². The van der Waals surface area contributed by atoms with E-state index in [1.54, 1.807) is 0 Å². The van der Waals surface area contributed by atoms with E-state index in [2.05, 4.69) is 20.5 Å². The fraction of sp³-hybridized carbons (Fsp3) is 0.207. The normalized spacial score (nSPS) is 11.2. The predicted molar refractivity (Wildman–Crippen MR) is 159 cm³/mol. The number of H-pyrrole nitrogens is 1. The van der Waals surface area contributed by atoms with Crippen molar-refractivity contribution in [1.29, 1.82) is 0 Å². The van der Waals surface area contributed by atoms with Gasteiger partial charge in [-0.05, 0) is 48.5 Å². The van der Waals surface area contributed by atoms with Crippen molar-refractivity contribution in [3.05, 3.63) is 88.1 Å². The van der Waals surface area contributed by atoms with Crippen molar-refractivity contribution >= 4 is 41.0 Å². The minimum Gasteiger partial charge on any atom is -0.493 e. The molecule has 2 aromatic heterocycles. The molecule has 3 aromatic carbocycles. The summed E-state index contributed by atoms with van der Waals surface area (Å²) < 4.78 is 74.1. The van der Waals surface area contributed by atoms with Crippen molar-refractivity contribution in [2.45, 2.75) is 19.3 Å². The Morgan fingerprint density at radius 3 is 2.35 bits per heavy atom. The first-order valence-electron chi connectivity index (χ1n) is 13.1. The van der Waals surface area contributed by atoms with Gasteiger partial charge in [0.05, 0.1) is 36.4 Å². The smallest absolute Gasteiger partial charge is 0.416 e. The molecule has 1 amide bonds. The first-order chi connectivity index (χ1) is 21.4. The van der Waals surface area contributed by atoms with E-state index in [4.69, 9.17) is 14.2 Å². The van der Waals surface area contributed by atoms with Crippen LogP contribution in [0.1, 0.15) is 21.7 Å². The second-order valence-corrected chi connectivity index (χ2v) is 9.64. The van der Waals surface area contributed by atoms with Crippen LogP contribution in [0, 0.1) is 5.82 Å². The second kappa shape index (κ2) is 13.3. The molecule has 2 heterocycles. The molecule has 5 aromatic rings. The zero-order chi connectivity index (χ0) is 32.5. The molecular formula is C29H25ClF4N6O6. The largest absolute Gasteiger partial charge is 0.493 e. The number of rotatable bonds is 9. The van der Waals surface area contributed by atoms with E-state index in [9.17, 15) is 31.9 Å². The molecule has 0 saturated heterocycles. The average molecular weight is 665 g/mol. The zero-order valence-corrected chi connectivity index (χ0v) is 25.1. The molecule has 0 aliphatic carbocycles. The minimum atomic E-state index is -4.88. The molecule has 5 rings (SSSR count). The van der Waals surface area contributed by atoms with E-state index >= 15 is 0 Å². The Bertz CT molecular complexity index is 1960. The van der Waals surface area contributed by atoms with Gasteiger partial charge in [0, 0.05) is 23.9 Å². The zero-order valence-electron chi connectivity index (χ0n) is 24.3. The Labute approximate surface area is 263 Å². The Kier molecular flexibility index (Phi) is 9.70. The van der Waals surface area contributed by atoms with Gasteiger partial charge in [0.1, 0.15) is 25.3 Å². The number of nitrogens with one attached hydrogen (secondary N) is 2. The van der Waals surface area contributed by atoms with Crippen LogP contribution < -0.4 is 20.5 Å². The van der Waals surface area contributed by atoms with Gasteiger partial charge in [0.25, 0.3) is 0 Å². The number of aryl methyl sites for hydroxylation is 1. The van der Waals surface area contributed by atoms with Crippen LogP contribution in [0.4, 0.5) is 23.2 Å². The number of fused-ring (bicyclic) bond motifs is 1. The molecule has 0 saturated carbocycles. The van der Waals surface area contributed by atoms with Crippen molar-refractivity contribution in [1.82, 2.24) is 24.3 Å². The van der Waals surface area contributed by atoms with Gasteiger partial charge in [-0.3, -0.25) is 13.9 Å². The summed E-state index contributed by atoms with van der Waals surface area (Å²) in [5.74, 6) is -1.76. The summed E-state index contributed by atoms with van der Waals surface area (Å²) >= 11 is 0. The van der Waals surface area contributed by atoms with E-state index in [1.807, 2.05) is 0 Å². The molecule has 0 radical (unpaired) electrons. The van der Waals surface area contributed by atoms with Crippen molar-refractivity contribution in [2.75, 3.05) is 19.5 Å². The lowest BCUT2D eigenvalue weighted by molar-refractivity contribution is -0.137. The highest BCUT2D eigenvalue weighted by Crippen LogP contribution is 2.42. The monoisotopic (exact) mass is 664 g/mol. The number of anilines is 1. The van der Waals surface area contributed by atoms with E-state index in [-0.39, 0.29) is 63.9 Å². The third kappa shape index (κ3) is 6.66. The van der Waals surface area contributed by atoms with Gasteiger partial charge >= 0.3 is 17.8 Å². The number of carbonyl (C=O) groups is 2. The van der Waals surface area contributed by atoms with E-state index in [0.29, 0.717) is 5.82 Å². The van der Waals surface area contributed by atoms with Gasteiger partial charge in [-0.25, -0.2) is 14.0 Å². The SMILES string of the molecule is COC(=O)c1cc(OCc2nnc[nH]2)c(OC)cc1-c1cc(C(F)(F)F)cc2c1n(C)c(=O)n2CC(=O)Nc1ccc(F)cc1.Cl. The number of methoxy groups -OCH3 is 2. The predicted octanol–water partition coefficient (Wildman–Crippen LogP) is 4.72. The van der Waals surface area contributed by atoms with E-state index in [0.717, 1.165) is 40.5 Å². The van der Waals surface area contributed by atoms with Crippen LogP contribution in [0.2, 0.25) is 0 Å². The Morgan fingerprint density at radius 2 is 1.74 bits per heavy atom. The molecule has 0 atom stereocenters. The Morgan fingerprint density at radius 1 is 1.02 bits per heavy atom. The van der Waals surface area contributed by atoms with E-state index in [1.165, 1.54) is 44.8 Å². The van der Waals surface area contributed by atoms with Crippen molar-refractivity contribution in [3.8, 4) is 22.6 Å². The lowest BCUT2D eigenvalue weighted by atomic mass is 9.95. The maximum Gasteiger partial charge on any atom is 0.416 e. The molecule has 17 heteroatoms. The topological polar surface area (TPSA) is 142 Å². The lowest BCUT2D eigenvalue weighted by Crippen LogP contribution is -2.28. The number of hydrogen-bond donors (Lipinski definition) is 2. The van der Waals surface area contributed by atoms with Gasteiger partial charge in [-0.1, -0.05) is 0 Å². The molecule has 12 nitrogen and oxygen atoms in total. The Hall–Kier alpha value is -5.38. The number of ether oxygens (including phenoxy) is 3. The van der Waals surface area contributed by atoms with Crippen LogP contribution in [0.25, 0.3) is 22.2 Å². The van der Waals surface area contributed by atoms with Crippen LogP contribution in [0.3, 0.4) is 0 Å². The number of esters is 1. The highest BCUT2D eigenvalue weighted by atomic mass is 35.5. The fourth-order valence-corrected chi connectivity index (χ4v) is 4.74. The number of imidazole rings is 1. The van der Waals surface area contributed by atoms with Crippen LogP contribution >= 0.6 is 12.4 Å². The number of nitrogens with zero attached hydrogens (tertiary/aromatic N) is 4. The van der Waals surface area contributed by atoms with Gasteiger partial charge in [-0.2, -0.15) is 13.2 Å². The summed E-state index contributed by atoms with van der Waals surface area (Å²) in [4.78, 5) is 42.0. The number of aromatic nitrogens is 5. The van der Waals surface area contributed by atoms with Crippen molar-refractivity contribution in [3.63, 3.8) is 0 Å². The summed E-state index contributed by atoms with van der Waals surface area (Å²) in [5.41, 5.74) is -2.41. The number of carbonyl (C=O) groups excluding carboxylic acids is 2. The van der Waals surface area contributed by atoms with Crippen LogP contribution in [0.15, 0.2) is 59.7 Å². The number of benzene rings is 3. The second-order valence-electron chi connectivity index (χ2n) is 9.64. The molecule has 46 heavy (non-hydrogen) atoms. The third-order valence-corrected chi connectivity index (χ3v) is 6.82. The standard InChI is InChI=1S/C29H24F4N6O6.ClH/c1-38-26-19(18-10-22(43-2)23(11-20(18)27(41)44-3)45-13-24-34-14-35-37-24)8-15(29(31,32)33)9-21(26)39(28(38)42)12-25(40)36-17-6-4-16(30)5-7-17;/h4-11,14H,12-13H2,1-3H3,(H,36,40)(H,34,35,37);1H. The molecule has 0 fully saturated rings. The molecule has 0 spiro atoms. The Balaban J connectivity index is 0.00000480. The number of hydrogen-bond acceptors (Lipinski definition) is 8. The summed E-state index contributed by atoms with van der Waals surface area (Å²) in [7, 11) is 3.71. The average Bonchev–Trinajstić information content (AvgIpc) is 3.62. The molecule has 0 aliphatic rings. The number of halogens is 5. The van der Waals surface area contributed by atoms with Gasteiger partial charge < -0.3 is 24.5 Å². The maximum atomic E-state index is 14.2. The van der Waals surface area contributed by atoms with Crippen molar-refractivity contribution < 1.29 is 41.4 Å². The third-order valence-electron chi connectivity index (χ3n) is 6.82. The summed E-state index contributed by atoms with van der Waals surface area (Å²) in [6.07, 6.45) is -3.55. The van der Waals surface area contributed by atoms with Gasteiger partial charge in [-0.15, -0.1) is 22.6 Å². The summed E-state index contributed by atoms with van der Waals surface area (Å²) in [5, 5.41) is 9.95. The van der Waals surface area contributed by atoms with E-state index < -0.39 is 41.7 Å². The summed E-state index contributed by atoms with van der Waals surface area (Å²) in [6.45, 7) is -0.780. The quantitative estimate of drug-likeness (QED) is 0.170. The number of alkyl halides is 3. The lowest BCUT2D eigenvalue weighted by Gasteiger charge is -2.17. The first-order valence-corrected chi connectivity index (χ1v) is 13.1. The highest BCUT2D eigenvalue weighted by molar-refractivity contribution is 6.04. The molecule has 0 bridgehead atoms. The van der Waals surface area contributed by atoms with Gasteiger partial charge in [0.2, 0.25) is 5.91 Å². The van der Waals surface area contributed by atoms with Crippen LogP contribution in [0.5, 0.6) is 11.5 Å². The molecule has 242 valence electrons. The number of aromatic amines is 1. The highest BCUT2D eigenvalue weighted by Gasteiger charge is 2.34. The molecule has 2 N–H and O–H groups in total. The van der Waals surface area contributed by atoms with Crippen LogP contribution in [-0.2, 0) is 35.9 Å². The fourth-order valence-electron chi connectivity index (χ4n) is 4.74. The molecular weight excluding hydrogens is 640 g/mol. The molecule has 0 unspecified atom stereocenters. The van der Waals surface area contributed by atoms with Gasteiger partial charge in [0.15, 0.2) is 17.3 Å². The maximum absolute atomic E-state index is 14.2. The van der Waals surface area contributed by atoms with Crippen LogP contribution in [-0.4, -0.2) is 50.4 Å².